The number of nitrogens with one attached hydrogen (secondary N) is 1. The monoisotopic (exact) mass is 155 g/mol. The molecule has 0 saturated carbocycles. The van der Waals surface area contributed by atoms with E-state index in [0.29, 0.717) is 0 Å². The molecule has 0 saturated heterocycles. The van der Waals surface area contributed by atoms with Crippen LogP contribution in [-0.4, -0.2) is 25.0 Å². The molecular weight excluding hydrogens is 147 g/mol. The van der Waals surface area contributed by atoms with Gasteiger partial charge < -0.3 is 5.32 Å². The Morgan fingerprint density at radius 3 is 2.40 bits per heavy atom. The summed E-state index contributed by atoms with van der Waals surface area (Å²) in [7, 11) is 0. The minimum Gasteiger partial charge on any atom is -0.346 e. The summed E-state index contributed by atoms with van der Waals surface area (Å²) in [4.78, 5) is 10.1. The van der Waals surface area contributed by atoms with Gasteiger partial charge in [-0.15, -0.1) is 0 Å². The number of halogens is 3. The molecule has 0 heterocycles. The van der Waals surface area contributed by atoms with Crippen molar-refractivity contribution >= 4 is 5.91 Å². The summed E-state index contributed by atoms with van der Waals surface area (Å²) in [5.41, 5.74) is 0. The number of amides is 1. The van der Waals surface area contributed by atoms with E-state index in [1.165, 1.54) is 6.92 Å². The zero-order chi connectivity index (χ0) is 8.15. The standard InChI is InChI=1S/C5H8F3NO/c1-3(2-6)9-5(10)4(7)8/h3-4H,2H2,1H3,(H,9,10). The molecule has 0 aromatic carbocycles. The van der Waals surface area contributed by atoms with Crippen LogP contribution >= 0.6 is 0 Å². The van der Waals surface area contributed by atoms with Gasteiger partial charge in [-0.1, -0.05) is 0 Å². The molecule has 5 heteroatoms. The van der Waals surface area contributed by atoms with Crippen LogP contribution in [0.1, 0.15) is 6.92 Å². The Labute approximate surface area is 56.4 Å². The molecule has 0 radical (unpaired) electrons. The lowest BCUT2D eigenvalue weighted by Crippen LogP contribution is -2.37. The smallest absolute Gasteiger partial charge is 0.315 e. The second-order valence-corrected chi connectivity index (χ2v) is 1.86. The Bertz CT molecular complexity index is 117. The maximum Gasteiger partial charge on any atom is 0.315 e. The molecule has 2 nitrogen and oxygen atoms in total. The molecule has 0 rings (SSSR count). The minimum atomic E-state index is -3.06. The fraction of sp³-hybridized carbons (Fsp3) is 0.800. The van der Waals surface area contributed by atoms with Gasteiger partial charge in [0.25, 0.3) is 5.91 Å². The van der Waals surface area contributed by atoms with Gasteiger partial charge in [0.2, 0.25) is 0 Å². The van der Waals surface area contributed by atoms with E-state index in [2.05, 4.69) is 0 Å². The number of alkyl halides is 3. The number of rotatable bonds is 3. The predicted molar refractivity (Wildman–Crippen MR) is 29.6 cm³/mol. The van der Waals surface area contributed by atoms with Crippen LogP contribution in [0.2, 0.25) is 0 Å². The van der Waals surface area contributed by atoms with Gasteiger partial charge in [-0.3, -0.25) is 4.79 Å². The SMILES string of the molecule is CC(CF)NC(=O)C(F)F. The highest BCUT2D eigenvalue weighted by atomic mass is 19.3. The molecule has 0 spiro atoms. The van der Waals surface area contributed by atoms with Crippen LogP contribution in [0.25, 0.3) is 0 Å². The van der Waals surface area contributed by atoms with Gasteiger partial charge in [0.15, 0.2) is 0 Å². The molecule has 0 aromatic rings. The van der Waals surface area contributed by atoms with Crippen molar-refractivity contribution in [1.82, 2.24) is 5.32 Å². The van der Waals surface area contributed by atoms with E-state index in [9.17, 15) is 18.0 Å². The lowest BCUT2D eigenvalue weighted by atomic mass is 10.4. The molecule has 10 heavy (non-hydrogen) atoms. The molecule has 0 aromatic heterocycles. The number of hydrogen-bond acceptors (Lipinski definition) is 1. The van der Waals surface area contributed by atoms with E-state index >= 15 is 0 Å². The second kappa shape index (κ2) is 4.14. The van der Waals surface area contributed by atoms with Crippen molar-refractivity contribution < 1.29 is 18.0 Å². The van der Waals surface area contributed by atoms with Gasteiger partial charge in [-0.25, -0.2) is 4.39 Å². The second-order valence-electron chi connectivity index (χ2n) is 1.86. The van der Waals surface area contributed by atoms with Crippen molar-refractivity contribution in [2.75, 3.05) is 6.67 Å². The highest BCUT2D eigenvalue weighted by molar-refractivity contribution is 5.79. The minimum absolute atomic E-state index is 0.832. The Hall–Kier alpha value is -0.740. The molecule has 0 aliphatic rings. The molecule has 1 atom stereocenters. The Morgan fingerprint density at radius 1 is 1.60 bits per heavy atom. The Kier molecular flexibility index (Phi) is 3.83. The van der Waals surface area contributed by atoms with Crippen molar-refractivity contribution in [3.8, 4) is 0 Å². The average molecular weight is 155 g/mol. The zero-order valence-corrected chi connectivity index (χ0v) is 5.40. The molecule has 0 fully saturated rings. The Morgan fingerprint density at radius 2 is 2.10 bits per heavy atom. The van der Waals surface area contributed by atoms with Crippen molar-refractivity contribution in [1.29, 1.82) is 0 Å². The molecule has 1 N–H and O–H groups in total. The van der Waals surface area contributed by atoms with Crippen LogP contribution in [0.3, 0.4) is 0 Å². The van der Waals surface area contributed by atoms with E-state index in [-0.39, 0.29) is 0 Å². The summed E-state index contributed by atoms with van der Waals surface area (Å²) < 4.78 is 34.3. The summed E-state index contributed by atoms with van der Waals surface area (Å²) in [6.07, 6.45) is -3.06. The maximum absolute atomic E-state index is 11.6. The third-order valence-corrected chi connectivity index (χ3v) is 0.818. The number of carbonyl (C=O) groups is 1. The third kappa shape index (κ3) is 3.32. The lowest BCUT2D eigenvalue weighted by Gasteiger charge is -2.07. The van der Waals surface area contributed by atoms with Gasteiger partial charge >= 0.3 is 6.43 Å². The number of carbonyl (C=O) groups excluding carboxylic acids is 1. The van der Waals surface area contributed by atoms with E-state index in [1.807, 2.05) is 0 Å². The summed E-state index contributed by atoms with van der Waals surface area (Å²) in [5.74, 6) is -1.43. The molecule has 0 aliphatic carbocycles. The van der Waals surface area contributed by atoms with E-state index in [0.717, 1.165) is 0 Å². The first-order chi connectivity index (χ1) is 4.57. The van der Waals surface area contributed by atoms with Crippen LogP contribution in [0.5, 0.6) is 0 Å². The highest BCUT2D eigenvalue weighted by Gasteiger charge is 2.16. The number of hydrogen-bond donors (Lipinski definition) is 1. The average Bonchev–Trinajstić information content (AvgIpc) is 1.87. The van der Waals surface area contributed by atoms with Crippen molar-refractivity contribution in [2.45, 2.75) is 19.4 Å². The first-order valence-corrected chi connectivity index (χ1v) is 2.72. The van der Waals surface area contributed by atoms with Gasteiger partial charge in [-0.2, -0.15) is 8.78 Å². The molecule has 0 bridgehead atoms. The summed E-state index contributed by atoms with van der Waals surface area (Å²) in [6, 6.07) is -0.832. The van der Waals surface area contributed by atoms with Crippen LogP contribution in [0.15, 0.2) is 0 Å². The van der Waals surface area contributed by atoms with Crippen LogP contribution in [0.4, 0.5) is 13.2 Å². The van der Waals surface area contributed by atoms with Gasteiger partial charge in [0.1, 0.15) is 6.67 Å². The predicted octanol–water partition coefficient (Wildman–Crippen LogP) is 0.726. The van der Waals surface area contributed by atoms with Crippen LogP contribution in [0, 0.1) is 0 Å². The summed E-state index contributed by atoms with van der Waals surface area (Å²) in [6.45, 7) is 0.471. The van der Waals surface area contributed by atoms with Crippen LogP contribution in [-0.2, 0) is 4.79 Å². The quantitative estimate of drug-likeness (QED) is 0.639. The van der Waals surface area contributed by atoms with Crippen molar-refractivity contribution in [3.05, 3.63) is 0 Å². The summed E-state index contributed by atoms with van der Waals surface area (Å²) >= 11 is 0. The fourth-order valence-electron chi connectivity index (χ4n) is 0.344. The molecule has 1 amide bonds. The van der Waals surface area contributed by atoms with E-state index in [4.69, 9.17) is 0 Å². The van der Waals surface area contributed by atoms with Gasteiger partial charge in [-0.05, 0) is 6.92 Å². The molecule has 60 valence electrons. The van der Waals surface area contributed by atoms with Crippen molar-refractivity contribution in [2.24, 2.45) is 0 Å². The van der Waals surface area contributed by atoms with Gasteiger partial charge in [0.05, 0.1) is 6.04 Å². The normalized spacial score (nSPS) is 13.3. The molecular formula is C5H8F3NO. The highest BCUT2D eigenvalue weighted by Crippen LogP contribution is 1.92. The van der Waals surface area contributed by atoms with Gasteiger partial charge in [0, 0.05) is 0 Å². The third-order valence-electron chi connectivity index (χ3n) is 0.818. The lowest BCUT2D eigenvalue weighted by molar-refractivity contribution is -0.132. The zero-order valence-electron chi connectivity index (χ0n) is 5.40. The fourth-order valence-corrected chi connectivity index (χ4v) is 0.344. The maximum atomic E-state index is 11.6. The molecule has 1 unspecified atom stereocenters. The van der Waals surface area contributed by atoms with E-state index < -0.39 is 25.0 Å². The first kappa shape index (κ1) is 9.26. The largest absolute Gasteiger partial charge is 0.346 e. The Balaban J connectivity index is 3.57. The topological polar surface area (TPSA) is 29.1 Å². The first-order valence-electron chi connectivity index (χ1n) is 2.72. The van der Waals surface area contributed by atoms with E-state index in [1.54, 1.807) is 5.32 Å². The van der Waals surface area contributed by atoms with Crippen LogP contribution < -0.4 is 5.32 Å². The van der Waals surface area contributed by atoms with Crippen molar-refractivity contribution in [3.63, 3.8) is 0 Å². The summed E-state index contributed by atoms with van der Waals surface area (Å²) in [5, 5.41) is 1.77. The molecule has 0 aliphatic heterocycles.